The van der Waals surface area contributed by atoms with Crippen LogP contribution in [0.5, 0.6) is 0 Å². The van der Waals surface area contributed by atoms with Gasteiger partial charge in [0.15, 0.2) is 0 Å². The number of likely N-dealkylation sites (tertiary alicyclic amines) is 1. The molecular weight excluding hydrogens is 286 g/mol. The Hall–Kier alpha value is -2.55. The molecule has 1 saturated heterocycles. The summed E-state index contributed by atoms with van der Waals surface area (Å²) in [6.45, 7) is 1.62. The molecule has 1 fully saturated rings. The maximum atomic E-state index is 12.1. The maximum Gasteiger partial charge on any atom is 0.352 e. The number of nitrogens with zero attached hydrogens (tertiary/aromatic N) is 1. The summed E-state index contributed by atoms with van der Waals surface area (Å²) in [4.78, 5) is 14.1. The van der Waals surface area contributed by atoms with Gasteiger partial charge in [0, 0.05) is 18.7 Å². The van der Waals surface area contributed by atoms with Crippen LogP contribution in [0.25, 0.3) is 5.57 Å². The third-order valence-corrected chi connectivity index (χ3v) is 4.24. The number of carboxylic acids is 1. The van der Waals surface area contributed by atoms with E-state index in [-0.39, 0.29) is 0 Å². The maximum absolute atomic E-state index is 12.1. The predicted molar refractivity (Wildman–Crippen MR) is 92.0 cm³/mol. The van der Waals surface area contributed by atoms with Gasteiger partial charge >= 0.3 is 5.97 Å². The number of piperidine rings is 1. The predicted octanol–water partition coefficient (Wildman–Crippen LogP) is 4.02. The van der Waals surface area contributed by atoms with E-state index in [0.717, 1.165) is 42.6 Å². The average Bonchev–Trinajstić information content (AvgIpc) is 2.61. The van der Waals surface area contributed by atoms with Crippen molar-refractivity contribution in [3.05, 3.63) is 77.5 Å². The monoisotopic (exact) mass is 307 g/mol. The first-order chi connectivity index (χ1) is 11.3. The highest BCUT2D eigenvalue weighted by Gasteiger charge is 2.24. The minimum absolute atomic E-state index is 0.419. The molecule has 1 heterocycles. The number of benzene rings is 2. The van der Waals surface area contributed by atoms with E-state index in [1.165, 1.54) is 6.42 Å². The quantitative estimate of drug-likeness (QED) is 0.867. The van der Waals surface area contributed by atoms with Gasteiger partial charge in [-0.25, -0.2) is 4.79 Å². The van der Waals surface area contributed by atoms with Crippen LogP contribution in [0.2, 0.25) is 0 Å². The average molecular weight is 307 g/mol. The van der Waals surface area contributed by atoms with Gasteiger partial charge in [-0.3, -0.25) is 0 Å². The lowest BCUT2D eigenvalue weighted by Crippen LogP contribution is -2.33. The van der Waals surface area contributed by atoms with Gasteiger partial charge in [-0.2, -0.15) is 0 Å². The second-order valence-electron chi connectivity index (χ2n) is 5.81. The molecule has 118 valence electrons. The minimum Gasteiger partial charge on any atom is -0.477 e. The van der Waals surface area contributed by atoms with Crippen LogP contribution in [0.3, 0.4) is 0 Å². The molecule has 2 aromatic carbocycles. The highest BCUT2D eigenvalue weighted by Crippen LogP contribution is 2.30. The Morgan fingerprint density at radius 3 is 1.70 bits per heavy atom. The third kappa shape index (κ3) is 3.45. The molecule has 0 atom stereocenters. The van der Waals surface area contributed by atoms with Gasteiger partial charge in [-0.1, -0.05) is 60.7 Å². The second-order valence-corrected chi connectivity index (χ2v) is 5.81. The summed E-state index contributed by atoms with van der Waals surface area (Å²) < 4.78 is 0. The van der Waals surface area contributed by atoms with Crippen LogP contribution in [0.4, 0.5) is 0 Å². The first-order valence-corrected chi connectivity index (χ1v) is 8.11. The Morgan fingerprint density at radius 1 is 0.783 bits per heavy atom. The number of rotatable bonds is 4. The van der Waals surface area contributed by atoms with Crippen molar-refractivity contribution >= 4 is 11.5 Å². The van der Waals surface area contributed by atoms with Crippen LogP contribution in [-0.2, 0) is 4.79 Å². The first-order valence-electron chi connectivity index (χ1n) is 8.11. The molecule has 0 amide bonds. The fraction of sp³-hybridized carbons (Fsp3) is 0.250. The topological polar surface area (TPSA) is 40.5 Å². The van der Waals surface area contributed by atoms with Crippen molar-refractivity contribution < 1.29 is 9.90 Å². The number of hydrogen-bond acceptors (Lipinski definition) is 2. The highest BCUT2D eigenvalue weighted by atomic mass is 16.4. The van der Waals surface area contributed by atoms with E-state index in [0.29, 0.717) is 5.70 Å². The third-order valence-electron chi connectivity index (χ3n) is 4.24. The summed E-state index contributed by atoms with van der Waals surface area (Å²) in [5, 5.41) is 9.92. The van der Waals surface area contributed by atoms with Crippen LogP contribution in [-0.4, -0.2) is 29.1 Å². The van der Waals surface area contributed by atoms with Crippen molar-refractivity contribution in [2.75, 3.05) is 13.1 Å². The molecule has 0 spiro atoms. The molecule has 0 aliphatic carbocycles. The summed E-state index contributed by atoms with van der Waals surface area (Å²) in [7, 11) is 0. The van der Waals surface area contributed by atoms with E-state index < -0.39 is 5.97 Å². The van der Waals surface area contributed by atoms with Gasteiger partial charge in [0.25, 0.3) is 0 Å². The summed E-state index contributed by atoms with van der Waals surface area (Å²) in [6.07, 6.45) is 3.27. The van der Waals surface area contributed by atoms with E-state index in [9.17, 15) is 9.90 Å². The Kier molecular flexibility index (Phi) is 4.77. The van der Waals surface area contributed by atoms with Crippen LogP contribution >= 0.6 is 0 Å². The summed E-state index contributed by atoms with van der Waals surface area (Å²) in [5.41, 5.74) is 3.12. The van der Waals surface area contributed by atoms with Crippen LogP contribution in [0.1, 0.15) is 30.4 Å². The number of hydrogen-bond donors (Lipinski definition) is 1. The lowest BCUT2D eigenvalue weighted by atomic mass is 9.94. The lowest BCUT2D eigenvalue weighted by Gasteiger charge is -2.31. The van der Waals surface area contributed by atoms with Crippen molar-refractivity contribution in [3.8, 4) is 0 Å². The van der Waals surface area contributed by atoms with Crippen molar-refractivity contribution in [2.45, 2.75) is 19.3 Å². The van der Waals surface area contributed by atoms with Crippen molar-refractivity contribution in [3.63, 3.8) is 0 Å². The molecule has 0 radical (unpaired) electrons. The van der Waals surface area contributed by atoms with Crippen LogP contribution in [0, 0.1) is 0 Å². The molecule has 2 aromatic rings. The van der Waals surface area contributed by atoms with Crippen LogP contribution < -0.4 is 0 Å². The Labute approximate surface area is 136 Å². The fourth-order valence-corrected chi connectivity index (χ4v) is 3.17. The SMILES string of the molecule is O=C(O)C(=C(c1ccccc1)c1ccccc1)N1CCCCC1. The Balaban J connectivity index is 2.19. The number of carbonyl (C=O) groups is 1. The Morgan fingerprint density at radius 2 is 1.26 bits per heavy atom. The number of carboxylic acid groups (broad SMARTS) is 1. The molecular formula is C20H21NO2. The minimum atomic E-state index is -0.852. The van der Waals surface area contributed by atoms with E-state index >= 15 is 0 Å². The zero-order valence-corrected chi connectivity index (χ0v) is 13.1. The van der Waals surface area contributed by atoms with Gasteiger partial charge < -0.3 is 10.0 Å². The standard InChI is InChI=1S/C20H21NO2/c22-20(23)19(21-14-8-3-9-15-21)18(16-10-4-1-5-11-16)17-12-6-2-7-13-17/h1-2,4-7,10-13H,3,8-9,14-15H2,(H,22,23). The van der Waals surface area contributed by atoms with E-state index in [1.807, 2.05) is 65.6 Å². The van der Waals surface area contributed by atoms with Gasteiger partial charge in [0.2, 0.25) is 0 Å². The van der Waals surface area contributed by atoms with Crippen molar-refractivity contribution in [2.24, 2.45) is 0 Å². The summed E-state index contributed by atoms with van der Waals surface area (Å²) in [6, 6.07) is 19.6. The molecule has 1 N–H and O–H groups in total. The molecule has 1 aliphatic rings. The highest BCUT2D eigenvalue weighted by molar-refractivity contribution is 6.00. The van der Waals surface area contributed by atoms with E-state index in [1.54, 1.807) is 0 Å². The number of aliphatic carboxylic acids is 1. The zero-order chi connectivity index (χ0) is 16.1. The molecule has 0 aromatic heterocycles. The molecule has 23 heavy (non-hydrogen) atoms. The summed E-state index contributed by atoms with van der Waals surface area (Å²) in [5.74, 6) is -0.852. The van der Waals surface area contributed by atoms with Gasteiger partial charge in [0.05, 0.1) is 0 Å². The van der Waals surface area contributed by atoms with Crippen molar-refractivity contribution in [1.82, 2.24) is 4.90 Å². The molecule has 3 nitrogen and oxygen atoms in total. The van der Waals surface area contributed by atoms with Crippen molar-refractivity contribution in [1.29, 1.82) is 0 Å². The normalized spacial score (nSPS) is 14.3. The lowest BCUT2D eigenvalue weighted by molar-refractivity contribution is -0.134. The van der Waals surface area contributed by atoms with Crippen LogP contribution in [0.15, 0.2) is 66.4 Å². The largest absolute Gasteiger partial charge is 0.477 e. The first kappa shape index (κ1) is 15.3. The van der Waals surface area contributed by atoms with E-state index in [2.05, 4.69) is 0 Å². The molecule has 3 heteroatoms. The fourth-order valence-electron chi connectivity index (χ4n) is 3.17. The smallest absolute Gasteiger partial charge is 0.352 e. The van der Waals surface area contributed by atoms with Gasteiger partial charge in [-0.05, 0) is 30.4 Å². The molecule has 3 rings (SSSR count). The van der Waals surface area contributed by atoms with E-state index in [4.69, 9.17) is 0 Å². The second kappa shape index (κ2) is 7.14. The zero-order valence-electron chi connectivity index (χ0n) is 13.1. The molecule has 0 bridgehead atoms. The molecule has 0 unspecified atom stereocenters. The summed E-state index contributed by atoms with van der Waals surface area (Å²) >= 11 is 0. The Bertz CT molecular complexity index is 645. The molecule has 1 aliphatic heterocycles. The van der Waals surface area contributed by atoms with Gasteiger partial charge in [-0.15, -0.1) is 0 Å². The molecule has 0 saturated carbocycles. The van der Waals surface area contributed by atoms with Gasteiger partial charge in [0.1, 0.15) is 5.70 Å².